The summed E-state index contributed by atoms with van der Waals surface area (Å²) in [6.07, 6.45) is 1.41. The van der Waals surface area contributed by atoms with Crippen molar-refractivity contribution in [2.24, 2.45) is 5.41 Å². The van der Waals surface area contributed by atoms with E-state index in [4.69, 9.17) is 14.2 Å². The molecule has 2 saturated heterocycles. The molecule has 8 nitrogen and oxygen atoms in total. The number of amides is 1. The van der Waals surface area contributed by atoms with Crippen LogP contribution < -0.4 is 9.47 Å². The Labute approximate surface area is 201 Å². The number of benzene rings is 2. The number of morpholine rings is 1. The summed E-state index contributed by atoms with van der Waals surface area (Å²) in [6.45, 7) is 3.29. The van der Waals surface area contributed by atoms with Crippen LogP contribution in [-0.4, -0.2) is 76.6 Å². The number of piperidine rings is 1. The first-order valence-corrected chi connectivity index (χ1v) is 13.0. The minimum atomic E-state index is -3.66. The maximum Gasteiger partial charge on any atom is 0.243 e. The smallest absolute Gasteiger partial charge is 0.243 e. The highest BCUT2D eigenvalue weighted by Gasteiger charge is 2.41. The number of hydrogen-bond acceptors (Lipinski definition) is 6. The molecule has 0 aromatic heterocycles. The van der Waals surface area contributed by atoms with E-state index in [1.807, 2.05) is 35.2 Å². The number of nitrogens with zero attached hydrogens (tertiary/aromatic N) is 2. The van der Waals surface area contributed by atoms with E-state index < -0.39 is 15.4 Å². The Bertz CT molecular complexity index is 1060. The number of sulfonamides is 1. The Kier molecular flexibility index (Phi) is 7.75. The minimum Gasteiger partial charge on any atom is -0.497 e. The van der Waals surface area contributed by atoms with Crippen molar-refractivity contribution in [1.82, 2.24) is 9.21 Å². The number of hydrogen-bond donors (Lipinski definition) is 0. The Hall–Kier alpha value is -2.62. The SMILES string of the molecule is COc1cccc(S(=O)(=O)N2CCC(COc3ccccc3)(CC(=O)N3CCOCC3)CC2)c1. The molecule has 2 aromatic rings. The maximum absolute atomic E-state index is 13.3. The Morgan fingerprint density at radius 1 is 0.971 bits per heavy atom. The van der Waals surface area contributed by atoms with Gasteiger partial charge in [-0.1, -0.05) is 24.3 Å². The molecule has 0 radical (unpaired) electrons. The number of carbonyl (C=O) groups is 1. The molecule has 2 aromatic carbocycles. The Balaban J connectivity index is 1.49. The van der Waals surface area contributed by atoms with Gasteiger partial charge in [0.1, 0.15) is 11.5 Å². The average Bonchev–Trinajstić information content (AvgIpc) is 2.89. The molecule has 0 atom stereocenters. The summed E-state index contributed by atoms with van der Waals surface area (Å²) < 4.78 is 44.7. The van der Waals surface area contributed by atoms with Gasteiger partial charge >= 0.3 is 0 Å². The number of para-hydroxylation sites is 1. The monoisotopic (exact) mass is 488 g/mol. The summed E-state index contributed by atoms with van der Waals surface area (Å²) >= 11 is 0. The van der Waals surface area contributed by atoms with Gasteiger partial charge in [-0.3, -0.25) is 4.79 Å². The van der Waals surface area contributed by atoms with Crippen molar-refractivity contribution in [3.8, 4) is 11.5 Å². The largest absolute Gasteiger partial charge is 0.497 e. The third-order valence-electron chi connectivity index (χ3n) is 6.64. The third kappa shape index (κ3) is 5.71. The van der Waals surface area contributed by atoms with Gasteiger partial charge in [0, 0.05) is 44.1 Å². The van der Waals surface area contributed by atoms with Gasteiger partial charge in [0.2, 0.25) is 15.9 Å². The maximum atomic E-state index is 13.3. The molecule has 0 saturated carbocycles. The molecule has 0 bridgehead atoms. The summed E-state index contributed by atoms with van der Waals surface area (Å²) in [6, 6.07) is 16.0. The minimum absolute atomic E-state index is 0.0732. The lowest BCUT2D eigenvalue weighted by Crippen LogP contribution is -2.49. The van der Waals surface area contributed by atoms with Crippen LogP contribution in [0.5, 0.6) is 11.5 Å². The molecule has 0 N–H and O–H groups in total. The fourth-order valence-corrected chi connectivity index (χ4v) is 5.96. The van der Waals surface area contributed by atoms with E-state index in [9.17, 15) is 13.2 Å². The lowest BCUT2D eigenvalue weighted by molar-refractivity contribution is -0.139. The molecule has 0 unspecified atom stereocenters. The normalized spacial score (nSPS) is 18.9. The second kappa shape index (κ2) is 10.8. The zero-order chi connectivity index (χ0) is 24.0. The number of rotatable bonds is 8. The summed E-state index contributed by atoms with van der Waals surface area (Å²) in [4.78, 5) is 15.2. The topological polar surface area (TPSA) is 85.4 Å². The lowest BCUT2D eigenvalue weighted by atomic mass is 9.76. The van der Waals surface area contributed by atoms with Gasteiger partial charge in [-0.2, -0.15) is 4.31 Å². The van der Waals surface area contributed by atoms with Crippen LogP contribution >= 0.6 is 0 Å². The lowest BCUT2D eigenvalue weighted by Gasteiger charge is -2.41. The van der Waals surface area contributed by atoms with E-state index in [2.05, 4.69) is 0 Å². The zero-order valence-corrected chi connectivity index (χ0v) is 20.3. The molecule has 1 amide bonds. The highest BCUT2D eigenvalue weighted by Crippen LogP contribution is 2.38. The average molecular weight is 489 g/mol. The summed E-state index contributed by atoms with van der Waals surface area (Å²) in [7, 11) is -2.15. The van der Waals surface area contributed by atoms with Gasteiger partial charge in [0.25, 0.3) is 0 Å². The second-order valence-corrected chi connectivity index (χ2v) is 10.8. The van der Waals surface area contributed by atoms with Gasteiger partial charge in [-0.25, -0.2) is 8.42 Å². The standard InChI is InChI=1S/C25H32N2O6S/c1-31-22-8-5-9-23(18-22)34(29,30)27-12-10-25(11-13-27,20-33-21-6-3-2-4-7-21)19-24(28)26-14-16-32-17-15-26/h2-9,18H,10-17,19-20H2,1H3. The first-order chi connectivity index (χ1) is 16.4. The summed E-state index contributed by atoms with van der Waals surface area (Å²) in [5.41, 5.74) is -0.439. The molecule has 2 aliphatic rings. The second-order valence-electron chi connectivity index (χ2n) is 8.85. The van der Waals surface area contributed by atoms with Gasteiger partial charge < -0.3 is 19.1 Å². The van der Waals surface area contributed by atoms with E-state index in [0.29, 0.717) is 71.0 Å². The first kappa shape index (κ1) is 24.5. The van der Waals surface area contributed by atoms with Gasteiger partial charge in [-0.05, 0) is 37.1 Å². The highest BCUT2D eigenvalue weighted by atomic mass is 32.2. The van der Waals surface area contributed by atoms with Gasteiger partial charge in [-0.15, -0.1) is 0 Å². The molecular weight excluding hydrogens is 456 g/mol. The quantitative estimate of drug-likeness (QED) is 0.568. The van der Waals surface area contributed by atoms with Crippen LogP contribution in [0, 0.1) is 5.41 Å². The van der Waals surface area contributed by atoms with Crippen LogP contribution in [0.4, 0.5) is 0 Å². The fraction of sp³-hybridized carbons (Fsp3) is 0.480. The van der Waals surface area contributed by atoms with Crippen molar-refractivity contribution in [3.05, 3.63) is 54.6 Å². The number of carbonyl (C=O) groups excluding carboxylic acids is 1. The molecule has 4 rings (SSSR count). The predicted octanol–water partition coefficient (Wildman–Crippen LogP) is 2.79. The van der Waals surface area contributed by atoms with Gasteiger partial charge in [0.15, 0.2) is 0 Å². The molecule has 0 aliphatic carbocycles. The van der Waals surface area contributed by atoms with Crippen molar-refractivity contribution in [1.29, 1.82) is 0 Å². The van der Waals surface area contributed by atoms with Crippen LogP contribution in [0.1, 0.15) is 19.3 Å². The summed E-state index contributed by atoms with van der Waals surface area (Å²) in [5, 5.41) is 0. The van der Waals surface area contributed by atoms with Crippen LogP contribution in [-0.2, 0) is 19.6 Å². The van der Waals surface area contributed by atoms with Crippen molar-refractivity contribution < 1.29 is 27.4 Å². The van der Waals surface area contributed by atoms with E-state index >= 15 is 0 Å². The van der Waals surface area contributed by atoms with Gasteiger partial charge in [0.05, 0.1) is 31.8 Å². The van der Waals surface area contributed by atoms with Crippen LogP contribution in [0.15, 0.2) is 59.5 Å². The molecule has 184 valence electrons. The molecule has 2 fully saturated rings. The first-order valence-electron chi connectivity index (χ1n) is 11.6. The highest BCUT2D eigenvalue weighted by molar-refractivity contribution is 7.89. The van der Waals surface area contributed by atoms with E-state index in [0.717, 1.165) is 5.75 Å². The van der Waals surface area contributed by atoms with E-state index in [-0.39, 0.29) is 10.8 Å². The summed E-state index contributed by atoms with van der Waals surface area (Å²) in [5.74, 6) is 1.32. The van der Waals surface area contributed by atoms with E-state index in [1.165, 1.54) is 17.5 Å². The number of methoxy groups -OCH3 is 1. The third-order valence-corrected chi connectivity index (χ3v) is 8.53. The van der Waals surface area contributed by atoms with Crippen molar-refractivity contribution in [2.45, 2.75) is 24.2 Å². The number of ether oxygens (including phenoxy) is 3. The van der Waals surface area contributed by atoms with Crippen molar-refractivity contribution in [3.63, 3.8) is 0 Å². The van der Waals surface area contributed by atoms with Crippen LogP contribution in [0.25, 0.3) is 0 Å². The Morgan fingerprint density at radius 3 is 2.32 bits per heavy atom. The van der Waals surface area contributed by atoms with Crippen LogP contribution in [0.2, 0.25) is 0 Å². The van der Waals surface area contributed by atoms with Crippen molar-refractivity contribution in [2.75, 3.05) is 53.1 Å². The molecular formula is C25H32N2O6S. The van der Waals surface area contributed by atoms with Crippen molar-refractivity contribution >= 4 is 15.9 Å². The molecule has 9 heteroatoms. The molecule has 2 heterocycles. The van der Waals surface area contributed by atoms with Crippen LogP contribution in [0.3, 0.4) is 0 Å². The van der Waals surface area contributed by atoms with E-state index in [1.54, 1.807) is 18.2 Å². The fourth-order valence-electron chi connectivity index (χ4n) is 4.48. The molecule has 2 aliphatic heterocycles. The Morgan fingerprint density at radius 2 is 1.65 bits per heavy atom. The zero-order valence-electron chi connectivity index (χ0n) is 19.5. The molecule has 0 spiro atoms. The molecule has 34 heavy (non-hydrogen) atoms. The predicted molar refractivity (Wildman–Crippen MR) is 127 cm³/mol.